The first-order chi connectivity index (χ1) is 6.83. The first kappa shape index (κ1) is 9.52. The molecule has 2 saturated carbocycles. The highest BCUT2D eigenvalue weighted by molar-refractivity contribution is 5.83. The van der Waals surface area contributed by atoms with Crippen molar-refractivity contribution in [2.75, 3.05) is 0 Å². The Bertz CT molecular complexity index is 302. The Morgan fingerprint density at radius 1 is 1.36 bits per heavy atom. The van der Waals surface area contributed by atoms with Crippen LogP contribution in [0.3, 0.4) is 0 Å². The lowest BCUT2D eigenvalue weighted by Crippen LogP contribution is -1.95. The molecule has 2 aliphatic rings. The van der Waals surface area contributed by atoms with E-state index in [0.29, 0.717) is 23.5 Å². The standard InChI is InChI=1S/C13H16O/c1-2-3-4-5-6-7-11-12-8-10(14)9-13(11)12/h6-7,11-13H,2,5,8-9H2,1H3/b7-6+. The molecule has 0 spiro atoms. The van der Waals surface area contributed by atoms with Crippen LogP contribution in [-0.4, -0.2) is 5.78 Å². The summed E-state index contributed by atoms with van der Waals surface area (Å²) in [4.78, 5) is 11.0. The third-order valence-corrected chi connectivity index (χ3v) is 3.20. The summed E-state index contributed by atoms with van der Waals surface area (Å²) in [5, 5.41) is 0. The Kier molecular flexibility index (Phi) is 2.72. The maximum Gasteiger partial charge on any atom is 0.133 e. The lowest BCUT2D eigenvalue weighted by Gasteiger charge is -1.93. The van der Waals surface area contributed by atoms with Crippen LogP contribution in [0.25, 0.3) is 0 Å². The molecule has 0 amide bonds. The highest BCUT2D eigenvalue weighted by Crippen LogP contribution is 2.56. The molecule has 0 aliphatic heterocycles. The van der Waals surface area contributed by atoms with Crippen molar-refractivity contribution in [1.82, 2.24) is 0 Å². The van der Waals surface area contributed by atoms with Crippen molar-refractivity contribution in [3.05, 3.63) is 12.2 Å². The van der Waals surface area contributed by atoms with E-state index in [2.05, 4.69) is 30.9 Å². The Morgan fingerprint density at radius 2 is 2.07 bits per heavy atom. The zero-order chi connectivity index (χ0) is 9.97. The molecule has 0 radical (unpaired) electrons. The summed E-state index contributed by atoms with van der Waals surface area (Å²) in [6, 6.07) is 0. The molecule has 2 aliphatic carbocycles. The monoisotopic (exact) mass is 188 g/mol. The van der Waals surface area contributed by atoms with Crippen LogP contribution >= 0.6 is 0 Å². The van der Waals surface area contributed by atoms with E-state index in [4.69, 9.17) is 0 Å². The lowest BCUT2D eigenvalue weighted by atomic mass is 10.1. The quantitative estimate of drug-likeness (QED) is 0.481. The van der Waals surface area contributed by atoms with Gasteiger partial charge in [0.2, 0.25) is 0 Å². The van der Waals surface area contributed by atoms with Crippen molar-refractivity contribution in [1.29, 1.82) is 0 Å². The van der Waals surface area contributed by atoms with E-state index in [0.717, 1.165) is 25.7 Å². The fourth-order valence-corrected chi connectivity index (χ4v) is 2.43. The molecule has 0 bridgehead atoms. The van der Waals surface area contributed by atoms with Crippen molar-refractivity contribution < 1.29 is 4.79 Å². The second kappa shape index (κ2) is 4.00. The molecule has 1 heteroatoms. The van der Waals surface area contributed by atoms with Crippen LogP contribution < -0.4 is 0 Å². The van der Waals surface area contributed by atoms with Gasteiger partial charge in [0, 0.05) is 25.7 Å². The molecular weight excluding hydrogens is 172 g/mol. The SMILES string of the molecule is CCC#CC/C=C/C1C2CC(=O)CC12. The zero-order valence-corrected chi connectivity index (χ0v) is 8.62. The fraction of sp³-hybridized carbons (Fsp3) is 0.615. The molecule has 0 aromatic carbocycles. The van der Waals surface area contributed by atoms with Crippen molar-refractivity contribution in [3.8, 4) is 11.8 Å². The average molecular weight is 188 g/mol. The van der Waals surface area contributed by atoms with Crippen molar-refractivity contribution in [3.63, 3.8) is 0 Å². The van der Waals surface area contributed by atoms with Gasteiger partial charge < -0.3 is 0 Å². The molecule has 0 saturated heterocycles. The summed E-state index contributed by atoms with van der Waals surface area (Å²) in [6.45, 7) is 2.06. The summed E-state index contributed by atoms with van der Waals surface area (Å²) >= 11 is 0. The lowest BCUT2D eigenvalue weighted by molar-refractivity contribution is -0.118. The van der Waals surface area contributed by atoms with E-state index in [9.17, 15) is 4.79 Å². The minimum atomic E-state index is 0.468. The average Bonchev–Trinajstić information content (AvgIpc) is 2.63. The summed E-state index contributed by atoms with van der Waals surface area (Å²) in [5.74, 6) is 8.69. The van der Waals surface area contributed by atoms with Gasteiger partial charge in [-0.2, -0.15) is 0 Å². The molecule has 1 nitrogen and oxygen atoms in total. The van der Waals surface area contributed by atoms with Crippen molar-refractivity contribution in [2.24, 2.45) is 17.8 Å². The van der Waals surface area contributed by atoms with Gasteiger partial charge in [0.15, 0.2) is 0 Å². The summed E-state index contributed by atoms with van der Waals surface area (Å²) in [7, 11) is 0. The first-order valence-corrected chi connectivity index (χ1v) is 5.47. The number of hydrogen-bond acceptors (Lipinski definition) is 1. The van der Waals surface area contributed by atoms with Crippen LogP contribution in [-0.2, 0) is 4.79 Å². The Hall–Kier alpha value is -1.03. The predicted octanol–water partition coefficient (Wildman–Crippen LogP) is 2.57. The molecule has 2 rings (SSSR count). The third kappa shape index (κ3) is 1.90. The van der Waals surface area contributed by atoms with Crippen LogP contribution in [0.1, 0.15) is 32.6 Å². The summed E-state index contributed by atoms with van der Waals surface area (Å²) in [6.07, 6.45) is 7.91. The maximum atomic E-state index is 11.0. The van der Waals surface area contributed by atoms with Crippen LogP contribution in [0.4, 0.5) is 0 Å². The van der Waals surface area contributed by atoms with Gasteiger partial charge >= 0.3 is 0 Å². The van der Waals surface area contributed by atoms with E-state index >= 15 is 0 Å². The molecule has 14 heavy (non-hydrogen) atoms. The van der Waals surface area contributed by atoms with E-state index in [1.54, 1.807) is 0 Å². The normalized spacial score (nSPS) is 34.1. The largest absolute Gasteiger partial charge is 0.300 e. The highest BCUT2D eigenvalue weighted by Gasteiger charge is 2.54. The second-order valence-corrected chi connectivity index (χ2v) is 4.19. The highest BCUT2D eigenvalue weighted by atomic mass is 16.1. The molecule has 2 atom stereocenters. The Balaban J connectivity index is 1.72. The molecule has 0 aromatic heterocycles. The predicted molar refractivity (Wildman–Crippen MR) is 56.5 cm³/mol. The van der Waals surface area contributed by atoms with Gasteiger partial charge in [0.25, 0.3) is 0 Å². The number of hydrogen-bond donors (Lipinski definition) is 0. The molecule has 0 N–H and O–H groups in total. The van der Waals surface area contributed by atoms with Gasteiger partial charge in [0.05, 0.1) is 0 Å². The van der Waals surface area contributed by atoms with Crippen molar-refractivity contribution >= 4 is 5.78 Å². The molecule has 74 valence electrons. The Morgan fingerprint density at radius 3 is 2.71 bits per heavy atom. The van der Waals surface area contributed by atoms with Gasteiger partial charge in [-0.05, 0) is 17.8 Å². The van der Waals surface area contributed by atoms with Gasteiger partial charge in [-0.3, -0.25) is 4.79 Å². The minimum absolute atomic E-state index is 0.468. The first-order valence-electron chi connectivity index (χ1n) is 5.47. The van der Waals surface area contributed by atoms with Crippen LogP contribution in [0, 0.1) is 29.6 Å². The number of carbonyl (C=O) groups is 1. The molecule has 2 fully saturated rings. The number of Topliss-reactive ketones (excluding diaryl/α,β-unsaturated/α-hetero) is 1. The topological polar surface area (TPSA) is 17.1 Å². The van der Waals surface area contributed by atoms with Crippen molar-refractivity contribution in [2.45, 2.75) is 32.6 Å². The second-order valence-electron chi connectivity index (χ2n) is 4.19. The number of rotatable bonds is 2. The Labute approximate surface area is 85.6 Å². The van der Waals surface area contributed by atoms with Crippen LogP contribution in [0.2, 0.25) is 0 Å². The van der Waals surface area contributed by atoms with Gasteiger partial charge in [-0.25, -0.2) is 0 Å². The third-order valence-electron chi connectivity index (χ3n) is 3.20. The van der Waals surface area contributed by atoms with E-state index in [-0.39, 0.29) is 0 Å². The number of ketones is 1. The summed E-state index contributed by atoms with van der Waals surface area (Å²) in [5.41, 5.74) is 0. The number of allylic oxidation sites excluding steroid dienone is 2. The van der Waals surface area contributed by atoms with Crippen LogP contribution in [0.15, 0.2) is 12.2 Å². The minimum Gasteiger partial charge on any atom is -0.300 e. The van der Waals surface area contributed by atoms with Gasteiger partial charge in [-0.1, -0.05) is 25.0 Å². The smallest absolute Gasteiger partial charge is 0.133 e. The van der Waals surface area contributed by atoms with E-state index in [1.165, 1.54) is 0 Å². The zero-order valence-electron chi connectivity index (χ0n) is 8.62. The van der Waals surface area contributed by atoms with E-state index < -0.39 is 0 Å². The fourth-order valence-electron chi connectivity index (χ4n) is 2.43. The van der Waals surface area contributed by atoms with Gasteiger partial charge in [-0.15, -0.1) is 5.92 Å². The molecule has 0 heterocycles. The maximum absolute atomic E-state index is 11.0. The molecule has 2 unspecified atom stereocenters. The van der Waals surface area contributed by atoms with Gasteiger partial charge in [0.1, 0.15) is 5.78 Å². The molecular formula is C13H16O. The summed E-state index contributed by atoms with van der Waals surface area (Å²) < 4.78 is 0. The van der Waals surface area contributed by atoms with Crippen LogP contribution in [0.5, 0.6) is 0 Å². The number of fused-ring (bicyclic) bond motifs is 1. The molecule has 0 aromatic rings. The van der Waals surface area contributed by atoms with E-state index in [1.807, 2.05) is 0 Å². The number of carbonyl (C=O) groups excluding carboxylic acids is 1.